The number of amides is 1. The first-order valence-corrected chi connectivity index (χ1v) is 8.74. The quantitative estimate of drug-likeness (QED) is 0.854. The van der Waals surface area contributed by atoms with Crippen molar-refractivity contribution in [2.75, 3.05) is 17.7 Å². The van der Waals surface area contributed by atoms with Gasteiger partial charge in [-0.1, -0.05) is 12.1 Å². The van der Waals surface area contributed by atoms with Gasteiger partial charge in [-0.3, -0.25) is 10.1 Å². The number of hydrogen-bond acceptors (Lipinski definition) is 5. The summed E-state index contributed by atoms with van der Waals surface area (Å²) in [7, 11) is 0. The molecule has 0 unspecified atom stereocenters. The molecule has 6 heteroatoms. The fraction of sp³-hybridized carbons (Fsp3) is 0.333. The summed E-state index contributed by atoms with van der Waals surface area (Å²) in [5.74, 6) is 0.780. The van der Waals surface area contributed by atoms with Gasteiger partial charge in [0.1, 0.15) is 0 Å². The van der Waals surface area contributed by atoms with Crippen LogP contribution in [0, 0.1) is 0 Å². The van der Waals surface area contributed by atoms with Crippen molar-refractivity contribution < 1.29 is 9.53 Å². The van der Waals surface area contributed by atoms with E-state index >= 15 is 0 Å². The molecule has 0 bridgehead atoms. The maximum Gasteiger partial charge on any atom is 0.258 e. The zero-order chi connectivity index (χ0) is 14.5. The smallest absolute Gasteiger partial charge is 0.258 e. The summed E-state index contributed by atoms with van der Waals surface area (Å²) in [5.41, 5.74) is 0.690. The largest absolute Gasteiger partial charge is 0.377 e. The van der Waals surface area contributed by atoms with Gasteiger partial charge in [0.05, 0.1) is 11.7 Å². The number of carbonyl (C=O) groups excluding carboxylic acids is 1. The van der Waals surface area contributed by atoms with Gasteiger partial charge in [0, 0.05) is 28.8 Å². The Kier molecular flexibility index (Phi) is 4.90. The minimum Gasteiger partial charge on any atom is -0.377 e. The van der Waals surface area contributed by atoms with Crippen LogP contribution in [0.15, 0.2) is 40.7 Å². The molecule has 0 saturated carbocycles. The fourth-order valence-electron chi connectivity index (χ4n) is 2.19. The van der Waals surface area contributed by atoms with Crippen LogP contribution in [-0.2, 0) is 4.74 Å². The van der Waals surface area contributed by atoms with E-state index in [1.54, 1.807) is 18.0 Å². The van der Waals surface area contributed by atoms with E-state index in [0.717, 1.165) is 30.1 Å². The summed E-state index contributed by atoms with van der Waals surface area (Å²) in [4.78, 5) is 17.4. The Balaban J connectivity index is 1.67. The van der Waals surface area contributed by atoms with Crippen LogP contribution in [0.1, 0.15) is 23.2 Å². The number of carbonyl (C=O) groups is 1. The number of aromatic nitrogens is 1. The molecule has 3 rings (SSSR count). The second-order valence-corrected chi connectivity index (χ2v) is 6.69. The number of hydrogen-bond donors (Lipinski definition) is 1. The van der Waals surface area contributed by atoms with Crippen molar-refractivity contribution in [3.63, 3.8) is 0 Å². The fourth-order valence-corrected chi connectivity index (χ4v) is 3.83. The first kappa shape index (κ1) is 14.6. The molecule has 1 aliphatic heterocycles. The van der Waals surface area contributed by atoms with Gasteiger partial charge in [0.15, 0.2) is 5.13 Å². The maximum atomic E-state index is 12.3. The van der Waals surface area contributed by atoms with Gasteiger partial charge in [0.25, 0.3) is 5.91 Å². The second-order valence-electron chi connectivity index (χ2n) is 4.73. The molecule has 1 amide bonds. The lowest BCUT2D eigenvalue weighted by atomic mass is 10.2. The topological polar surface area (TPSA) is 51.2 Å². The summed E-state index contributed by atoms with van der Waals surface area (Å²) in [5, 5.41) is 5.30. The molecule has 2 heterocycles. The summed E-state index contributed by atoms with van der Waals surface area (Å²) in [6, 6.07) is 7.67. The minimum absolute atomic E-state index is 0.111. The second kappa shape index (κ2) is 7.06. The molecule has 4 nitrogen and oxygen atoms in total. The Hall–Kier alpha value is -1.37. The van der Waals surface area contributed by atoms with Gasteiger partial charge >= 0.3 is 0 Å². The summed E-state index contributed by atoms with van der Waals surface area (Å²) in [6.07, 6.45) is 4.24. The standard InChI is InChI=1S/C15H16N2O2S2/c18-14(17-15-16-7-9-20-15)12-5-1-2-6-13(12)21-10-11-4-3-8-19-11/h1-2,5-7,9,11H,3-4,8,10H2,(H,16,17,18)/t11-/m1/s1. The van der Waals surface area contributed by atoms with Crippen molar-refractivity contribution in [3.8, 4) is 0 Å². The van der Waals surface area contributed by atoms with Crippen LogP contribution in [0.5, 0.6) is 0 Å². The maximum absolute atomic E-state index is 12.3. The van der Waals surface area contributed by atoms with Crippen LogP contribution in [0.3, 0.4) is 0 Å². The Labute approximate surface area is 131 Å². The molecule has 110 valence electrons. The van der Waals surface area contributed by atoms with Crippen LogP contribution < -0.4 is 5.32 Å². The highest BCUT2D eigenvalue weighted by molar-refractivity contribution is 7.99. The van der Waals surface area contributed by atoms with Crippen LogP contribution in [-0.4, -0.2) is 29.4 Å². The van der Waals surface area contributed by atoms with E-state index in [1.165, 1.54) is 11.3 Å². The molecule has 2 aromatic rings. The monoisotopic (exact) mass is 320 g/mol. The summed E-state index contributed by atoms with van der Waals surface area (Å²) in [6.45, 7) is 0.859. The lowest BCUT2D eigenvalue weighted by Crippen LogP contribution is -2.13. The third kappa shape index (κ3) is 3.84. The molecular formula is C15H16N2O2S2. The molecule has 21 heavy (non-hydrogen) atoms. The first-order valence-electron chi connectivity index (χ1n) is 6.87. The number of benzene rings is 1. The van der Waals surface area contributed by atoms with E-state index in [9.17, 15) is 4.79 Å². The minimum atomic E-state index is -0.111. The SMILES string of the molecule is O=C(Nc1nccs1)c1ccccc1SC[C@H]1CCCO1. The number of ether oxygens (including phenoxy) is 1. The first-order chi connectivity index (χ1) is 10.3. The van der Waals surface area contributed by atoms with E-state index < -0.39 is 0 Å². The van der Waals surface area contributed by atoms with Crippen LogP contribution in [0.4, 0.5) is 5.13 Å². The third-order valence-corrected chi connectivity index (χ3v) is 5.13. The van der Waals surface area contributed by atoms with Crippen molar-refractivity contribution in [1.82, 2.24) is 4.98 Å². The molecular weight excluding hydrogens is 304 g/mol. The van der Waals surface area contributed by atoms with E-state index in [2.05, 4.69) is 10.3 Å². The number of nitrogens with zero attached hydrogens (tertiary/aromatic N) is 1. The van der Waals surface area contributed by atoms with Gasteiger partial charge in [-0.2, -0.15) is 0 Å². The van der Waals surface area contributed by atoms with Crippen molar-refractivity contribution in [3.05, 3.63) is 41.4 Å². The molecule has 1 aromatic carbocycles. The van der Waals surface area contributed by atoms with Crippen molar-refractivity contribution >= 4 is 34.1 Å². The Morgan fingerprint density at radius 1 is 1.48 bits per heavy atom. The predicted octanol–water partition coefficient (Wildman–Crippen LogP) is 3.67. The highest BCUT2D eigenvalue weighted by Gasteiger charge is 2.18. The molecule has 0 spiro atoms. The van der Waals surface area contributed by atoms with Gasteiger partial charge in [-0.25, -0.2) is 4.98 Å². The van der Waals surface area contributed by atoms with Gasteiger partial charge < -0.3 is 4.74 Å². The van der Waals surface area contributed by atoms with Gasteiger partial charge in [-0.05, 0) is 25.0 Å². The number of thioether (sulfide) groups is 1. The Bertz CT molecular complexity index is 595. The van der Waals surface area contributed by atoms with Gasteiger partial charge in [0.2, 0.25) is 0 Å². The highest BCUT2D eigenvalue weighted by Crippen LogP contribution is 2.27. The average Bonchev–Trinajstić information content (AvgIpc) is 3.18. The predicted molar refractivity (Wildman–Crippen MR) is 86.2 cm³/mol. The Morgan fingerprint density at radius 3 is 3.14 bits per heavy atom. The summed E-state index contributed by atoms with van der Waals surface area (Å²) >= 11 is 3.10. The number of rotatable bonds is 5. The normalized spacial score (nSPS) is 17.8. The Morgan fingerprint density at radius 2 is 2.38 bits per heavy atom. The molecule has 0 radical (unpaired) electrons. The molecule has 0 aliphatic carbocycles. The lowest BCUT2D eigenvalue weighted by Gasteiger charge is -2.11. The van der Waals surface area contributed by atoms with Crippen molar-refractivity contribution in [2.45, 2.75) is 23.8 Å². The van der Waals surface area contributed by atoms with E-state index in [0.29, 0.717) is 16.8 Å². The third-order valence-electron chi connectivity index (χ3n) is 3.23. The van der Waals surface area contributed by atoms with Crippen LogP contribution in [0.25, 0.3) is 0 Å². The van der Waals surface area contributed by atoms with Crippen molar-refractivity contribution in [1.29, 1.82) is 0 Å². The average molecular weight is 320 g/mol. The number of thiazole rings is 1. The number of nitrogens with one attached hydrogen (secondary N) is 1. The zero-order valence-electron chi connectivity index (χ0n) is 11.5. The van der Waals surface area contributed by atoms with E-state index in [1.807, 2.05) is 29.6 Å². The van der Waals surface area contributed by atoms with Crippen molar-refractivity contribution in [2.24, 2.45) is 0 Å². The van der Waals surface area contributed by atoms with E-state index in [4.69, 9.17) is 4.74 Å². The van der Waals surface area contributed by atoms with Gasteiger partial charge in [-0.15, -0.1) is 23.1 Å². The molecule has 1 aromatic heterocycles. The molecule has 1 fully saturated rings. The van der Waals surface area contributed by atoms with Crippen LogP contribution >= 0.6 is 23.1 Å². The molecule has 1 saturated heterocycles. The zero-order valence-corrected chi connectivity index (χ0v) is 13.1. The lowest BCUT2D eigenvalue weighted by molar-refractivity contribution is 0.102. The summed E-state index contributed by atoms with van der Waals surface area (Å²) < 4.78 is 5.63. The van der Waals surface area contributed by atoms with Crippen LogP contribution in [0.2, 0.25) is 0 Å². The molecule has 1 aliphatic rings. The molecule has 1 atom stereocenters. The highest BCUT2D eigenvalue weighted by atomic mass is 32.2. The number of anilines is 1. The molecule has 1 N–H and O–H groups in total. The van der Waals surface area contributed by atoms with E-state index in [-0.39, 0.29) is 5.91 Å².